The van der Waals surface area contributed by atoms with Gasteiger partial charge in [-0.1, -0.05) is 13.8 Å². The Hall–Kier alpha value is 0.530. The van der Waals surface area contributed by atoms with Crippen molar-refractivity contribution in [3.63, 3.8) is 0 Å². The topological polar surface area (TPSA) is 122 Å². The predicted molar refractivity (Wildman–Crippen MR) is 67.9 cm³/mol. The summed E-state index contributed by atoms with van der Waals surface area (Å²) in [7, 11) is -7.09. The maximum Gasteiger partial charge on any atom is 1.00 e. The molecule has 0 bridgehead atoms. The monoisotopic (exact) mass is 339 g/mol. The molecule has 0 saturated heterocycles. The van der Waals surface area contributed by atoms with Crippen molar-refractivity contribution in [2.24, 2.45) is 0 Å². The Bertz CT molecular complexity index is 420. The molecule has 0 aromatic rings. The smallest absolute Gasteiger partial charge is 0.748 e. The van der Waals surface area contributed by atoms with Gasteiger partial charge in [0.15, 0.2) is 0 Å². The van der Waals surface area contributed by atoms with E-state index in [4.69, 9.17) is 9.56 Å². The van der Waals surface area contributed by atoms with Crippen LogP contribution >= 0.6 is 7.37 Å². The molecule has 8 nitrogen and oxygen atoms in total. The molecule has 20 heavy (non-hydrogen) atoms. The van der Waals surface area contributed by atoms with Gasteiger partial charge in [0, 0.05) is 18.9 Å². The molecule has 1 amide bonds. The number of carbonyl (C=O) groups excluding carboxylic acids is 1. The summed E-state index contributed by atoms with van der Waals surface area (Å²) in [6, 6.07) is 0. The number of hydrogen-bond acceptors (Lipinski definition) is 7. The molecule has 0 aliphatic carbocycles. The Morgan fingerprint density at radius 2 is 1.85 bits per heavy atom. The molecule has 0 radical (unpaired) electrons. The van der Waals surface area contributed by atoms with Crippen molar-refractivity contribution in [2.75, 3.05) is 31.2 Å². The first-order valence-corrected chi connectivity index (χ1v) is 9.39. The average molecular weight is 339 g/mol. The fourth-order valence-electron chi connectivity index (χ4n) is 1.00. The van der Waals surface area contributed by atoms with Crippen LogP contribution in [0.1, 0.15) is 20.3 Å². The van der Waals surface area contributed by atoms with E-state index in [1.807, 2.05) is 0 Å². The number of nitrogens with one attached hydrogen (secondary N) is 1. The number of hydrogen-bond donors (Lipinski definition) is 1. The molecular weight excluding hydrogens is 320 g/mol. The molecule has 0 rings (SSSR count). The summed E-state index contributed by atoms with van der Waals surface area (Å²) in [5.74, 6) is -1.13. The quantitative estimate of drug-likeness (QED) is 0.115. The minimum Gasteiger partial charge on any atom is -0.748 e. The standard InChI is InChI=1S/C9H20NO7PS.Na/c1-3-18(12,4-2)17-16-7-5-9(11)10-6-8-19(13,14)15;/h3-8H2,1-2H3,(H,10,11)(H,13,14,15);/q;+1/p-1. The third-order valence-electron chi connectivity index (χ3n) is 2.24. The molecule has 0 spiro atoms. The largest absolute Gasteiger partial charge is 1.00 e. The predicted octanol–water partition coefficient (Wildman–Crippen LogP) is -2.69. The van der Waals surface area contributed by atoms with Crippen molar-refractivity contribution in [3.05, 3.63) is 0 Å². The van der Waals surface area contributed by atoms with Crippen LogP contribution in [0.4, 0.5) is 0 Å². The summed E-state index contributed by atoms with van der Waals surface area (Å²) in [5, 5.41) is 2.24. The van der Waals surface area contributed by atoms with Crippen LogP contribution in [0.5, 0.6) is 0 Å². The van der Waals surface area contributed by atoms with E-state index in [1.54, 1.807) is 13.8 Å². The minimum absolute atomic E-state index is 0. The third kappa shape index (κ3) is 12.3. The van der Waals surface area contributed by atoms with Crippen molar-refractivity contribution in [2.45, 2.75) is 20.3 Å². The Kier molecular flexibility index (Phi) is 12.7. The van der Waals surface area contributed by atoms with Crippen molar-refractivity contribution in [3.8, 4) is 0 Å². The van der Waals surface area contributed by atoms with Crippen LogP contribution in [0.2, 0.25) is 0 Å². The molecule has 0 unspecified atom stereocenters. The van der Waals surface area contributed by atoms with Crippen LogP contribution in [0, 0.1) is 0 Å². The molecule has 0 aromatic heterocycles. The second kappa shape index (κ2) is 11.1. The van der Waals surface area contributed by atoms with Gasteiger partial charge in [0.2, 0.25) is 13.3 Å². The second-order valence-corrected chi connectivity index (χ2v) is 8.27. The first-order valence-electron chi connectivity index (χ1n) is 5.82. The van der Waals surface area contributed by atoms with Crippen LogP contribution < -0.4 is 34.9 Å². The van der Waals surface area contributed by atoms with E-state index in [2.05, 4.69) is 5.32 Å². The normalized spacial score (nSPS) is 11.8. The zero-order valence-electron chi connectivity index (χ0n) is 12.0. The molecule has 0 saturated carbocycles. The first kappa shape index (κ1) is 22.8. The maximum absolute atomic E-state index is 11.7. The van der Waals surface area contributed by atoms with Crippen LogP contribution in [0.15, 0.2) is 0 Å². The van der Waals surface area contributed by atoms with E-state index >= 15 is 0 Å². The van der Waals surface area contributed by atoms with Gasteiger partial charge in [0.05, 0.1) is 28.9 Å². The molecule has 0 aliphatic heterocycles. The third-order valence-corrected chi connectivity index (χ3v) is 5.25. The molecule has 11 heteroatoms. The fourth-order valence-corrected chi connectivity index (χ4v) is 2.28. The zero-order chi connectivity index (χ0) is 14.9. The van der Waals surface area contributed by atoms with Gasteiger partial charge in [-0.15, -0.1) is 0 Å². The van der Waals surface area contributed by atoms with Gasteiger partial charge in [-0.05, 0) is 0 Å². The maximum atomic E-state index is 11.7. The fraction of sp³-hybridized carbons (Fsp3) is 0.889. The summed E-state index contributed by atoms with van der Waals surface area (Å²) in [6.07, 6.45) is 0.612. The summed E-state index contributed by atoms with van der Waals surface area (Å²) < 4.78 is 47.3. The summed E-state index contributed by atoms with van der Waals surface area (Å²) in [4.78, 5) is 15.9. The molecule has 0 fully saturated rings. The Morgan fingerprint density at radius 3 is 2.30 bits per heavy atom. The average Bonchev–Trinajstić information content (AvgIpc) is 2.33. The summed E-state index contributed by atoms with van der Waals surface area (Å²) in [5.41, 5.74) is 0. The molecule has 0 aliphatic rings. The van der Waals surface area contributed by atoms with Gasteiger partial charge in [0.25, 0.3) is 0 Å². The van der Waals surface area contributed by atoms with Crippen molar-refractivity contribution >= 4 is 23.4 Å². The van der Waals surface area contributed by atoms with Gasteiger partial charge in [-0.25, -0.2) is 13.3 Å². The zero-order valence-corrected chi connectivity index (χ0v) is 15.7. The molecule has 1 N–H and O–H groups in total. The number of carbonyl (C=O) groups is 1. The van der Waals surface area contributed by atoms with Crippen LogP contribution in [0.3, 0.4) is 0 Å². The van der Waals surface area contributed by atoms with Crippen molar-refractivity contribution in [1.29, 1.82) is 0 Å². The van der Waals surface area contributed by atoms with E-state index in [0.29, 0.717) is 12.3 Å². The van der Waals surface area contributed by atoms with Gasteiger partial charge in [-0.2, -0.15) is 4.67 Å². The van der Waals surface area contributed by atoms with E-state index < -0.39 is 29.1 Å². The van der Waals surface area contributed by atoms with Crippen LogP contribution in [0.25, 0.3) is 0 Å². The number of rotatable bonds is 10. The Balaban J connectivity index is 0. The van der Waals surface area contributed by atoms with E-state index in [1.165, 1.54) is 0 Å². The van der Waals surface area contributed by atoms with E-state index in [9.17, 15) is 22.3 Å². The van der Waals surface area contributed by atoms with E-state index in [-0.39, 0.29) is 49.1 Å². The molecule has 114 valence electrons. The van der Waals surface area contributed by atoms with Crippen molar-refractivity contribution in [1.82, 2.24) is 5.32 Å². The second-order valence-electron chi connectivity index (χ2n) is 3.71. The van der Waals surface area contributed by atoms with Crippen molar-refractivity contribution < 1.29 is 61.4 Å². The molecular formula is C9H19NNaO7PS. The van der Waals surface area contributed by atoms with Gasteiger partial charge in [0.1, 0.15) is 0 Å². The molecule has 0 heterocycles. The number of amides is 1. The van der Waals surface area contributed by atoms with Gasteiger partial charge < -0.3 is 9.87 Å². The minimum atomic E-state index is -4.33. The van der Waals surface area contributed by atoms with Crippen LogP contribution in [-0.4, -0.2) is 50.1 Å². The molecule has 0 atom stereocenters. The summed E-state index contributed by atoms with van der Waals surface area (Å²) >= 11 is 0. The Morgan fingerprint density at radius 1 is 1.30 bits per heavy atom. The Labute approximate surface area is 141 Å². The van der Waals surface area contributed by atoms with Crippen LogP contribution in [-0.2, 0) is 29.0 Å². The van der Waals surface area contributed by atoms with Gasteiger partial charge in [-0.3, -0.25) is 9.36 Å². The van der Waals surface area contributed by atoms with Gasteiger partial charge >= 0.3 is 29.6 Å². The van der Waals surface area contributed by atoms with E-state index in [0.717, 1.165) is 0 Å². The summed E-state index contributed by atoms with van der Waals surface area (Å²) in [6.45, 7) is 3.08. The molecule has 0 aromatic carbocycles. The SMILES string of the molecule is CCP(=O)(CC)OOCCC(=O)NCCS(=O)(=O)[O-].[Na+]. The first-order chi connectivity index (χ1) is 8.72.